The number of rotatable bonds is 9. The van der Waals surface area contributed by atoms with E-state index in [0.29, 0.717) is 28.8 Å². The maximum Gasteiger partial charge on any atom is 0.313 e. The van der Waals surface area contributed by atoms with E-state index in [9.17, 15) is 9.59 Å². The largest absolute Gasteiger partial charge is 0.546 e. The summed E-state index contributed by atoms with van der Waals surface area (Å²) < 4.78 is 11.4. The molecule has 6 nitrogen and oxygen atoms in total. The molecule has 1 aromatic heterocycles. The summed E-state index contributed by atoms with van der Waals surface area (Å²) in [4.78, 5) is 33.7. The fourth-order valence-corrected chi connectivity index (χ4v) is 4.54. The zero-order chi connectivity index (χ0) is 24.2. The number of ketones is 1. The van der Waals surface area contributed by atoms with E-state index in [1.165, 1.54) is 5.56 Å². The van der Waals surface area contributed by atoms with E-state index in [4.69, 9.17) is 14.1 Å². The highest BCUT2D eigenvalue weighted by Crippen LogP contribution is 2.39. The Labute approximate surface area is 197 Å². The number of aryl methyl sites for hydroxylation is 2. The molecule has 1 heterocycles. The summed E-state index contributed by atoms with van der Waals surface area (Å²) in [6.07, 6.45) is 1.22. The van der Waals surface area contributed by atoms with Crippen molar-refractivity contribution in [3.63, 3.8) is 0 Å². The number of nitrogens with one attached hydrogen (secondary N) is 1. The molecule has 0 bridgehead atoms. The van der Waals surface area contributed by atoms with Crippen molar-refractivity contribution in [1.29, 1.82) is 0 Å². The van der Waals surface area contributed by atoms with E-state index in [-0.39, 0.29) is 24.2 Å². The van der Waals surface area contributed by atoms with E-state index in [1.807, 2.05) is 24.3 Å². The molecule has 0 saturated carbocycles. The monoisotopic (exact) mass is 466 g/mol. The van der Waals surface area contributed by atoms with Crippen LogP contribution in [0.1, 0.15) is 61.4 Å². The predicted molar refractivity (Wildman–Crippen MR) is 134 cm³/mol. The number of aromatic amines is 1. The average Bonchev–Trinajstić information content (AvgIpc) is 3.14. The van der Waals surface area contributed by atoms with Crippen LogP contribution in [0.25, 0.3) is 11.0 Å². The van der Waals surface area contributed by atoms with Gasteiger partial charge in [-0.25, -0.2) is 4.98 Å². The van der Waals surface area contributed by atoms with Crippen LogP contribution in [0, 0.1) is 0 Å². The molecule has 176 valence electrons. The molecule has 0 atom stereocenters. The first-order valence-electron chi connectivity index (χ1n) is 11.6. The highest BCUT2D eigenvalue weighted by molar-refractivity contribution is 6.49. The summed E-state index contributed by atoms with van der Waals surface area (Å²) in [5.74, 6) is 0.530. The second-order valence-electron chi connectivity index (χ2n) is 9.51. The first-order valence-corrected chi connectivity index (χ1v) is 14.3. The van der Waals surface area contributed by atoms with E-state index < -0.39 is 15.0 Å². The third kappa shape index (κ3) is 6.10. The Hall–Kier alpha value is -2.93. The van der Waals surface area contributed by atoms with Crippen LogP contribution in [0.15, 0.2) is 36.4 Å². The van der Waals surface area contributed by atoms with Crippen LogP contribution in [0.4, 0.5) is 0 Å². The second kappa shape index (κ2) is 10.3. The Balaban J connectivity index is 2.12. The second-order valence-corrected chi connectivity index (χ2v) is 11.8. The van der Waals surface area contributed by atoms with Crippen LogP contribution in [0.2, 0.25) is 13.1 Å². The average molecular weight is 467 g/mol. The Bertz CT molecular complexity index is 1130. The van der Waals surface area contributed by atoms with Gasteiger partial charge in [-0.3, -0.25) is 9.59 Å². The number of imidazole rings is 1. The number of fused-ring (bicyclic) bond motifs is 1. The van der Waals surface area contributed by atoms with Crippen LogP contribution < -0.4 is 4.43 Å². The normalized spacial score (nSPS) is 11.7. The molecule has 3 rings (SSSR count). The van der Waals surface area contributed by atoms with Crippen LogP contribution in [-0.2, 0) is 27.8 Å². The van der Waals surface area contributed by atoms with Gasteiger partial charge >= 0.3 is 5.97 Å². The lowest BCUT2D eigenvalue weighted by atomic mass is 9.84. The van der Waals surface area contributed by atoms with E-state index in [0.717, 1.165) is 17.8 Å². The zero-order valence-corrected chi connectivity index (χ0v) is 21.6. The maximum absolute atomic E-state index is 13.4. The molecule has 2 aromatic carbocycles. The fourth-order valence-electron chi connectivity index (χ4n) is 3.82. The number of ether oxygens (including phenoxy) is 1. The van der Waals surface area contributed by atoms with Gasteiger partial charge in [0.1, 0.15) is 18.0 Å². The van der Waals surface area contributed by atoms with E-state index in [2.05, 4.69) is 51.0 Å². The van der Waals surface area contributed by atoms with Crippen molar-refractivity contribution in [2.45, 2.75) is 65.5 Å². The first kappa shape index (κ1) is 24.7. The predicted octanol–water partition coefficient (Wildman–Crippen LogP) is 5.14. The van der Waals surface area contributed by atoms with Gasteiger partial charge in [0.05, 0.1) is 23.2 Å². The number of carbonyl (C=O) groups is 2. The van der Waals surface area contributed by atoms with E-state index >= 15 is 0 Å². The van der Waals surface area contributed by atoms with Gasteiger partial charge in [0, 0.05) is 12.0 Å². The van der Waals surface area contributed by atoms with Gasteiger partial charge in [0.15, 0.2) is 5.78 Å². The van der Waals surface area contributed by atoms with Crippen LogP contribution in [0.5, 0.6) is 5.75 Å². The van der Waals surface area contributed by atoms with Crippen LogP contribution in [-0.4, -0.2) is 37.4 Å². The lowest BCUT2D eigenvalue weighted by Gasteiger charge is -2.26. The molecule has 0 radical (unpaired) electrons. The van der Waals surface area contributed by atoms with Gasteiger partial charge in [0.25, 0.3) is 0 Å². The molecule has 0 amide bonds. The molecular formula is C26H34N2O4Si. The summed E-state index contributed by atoms with van der Waals surface area (Å²) in [6.45, 7) is 12.4. The molecule has 0 aliphatic carbocycles. The van der Waals surface area contributed by atoms with Gasteiger partial charge in [0.2, 0.25) is 9.04 Å². The molecule has 3 aromatic rings. The summed E-state index contributed by atoms with van der Waals surface area (Å²) in [7, 11) is -1.55. The first-order chi connectivity index (χ1) is 15.6. The molecule has 0 unspecified atom stereocenters. The quantitative estimate of drug-likeness (QED) is 0.204. The fraction of sp³-hybridized carbons (Fsp3) is 0.423. The van der Waals surface area contributed by atoms with Gasteiger partial charge in [-0.05, 0) is 43.5 Å². The number of esters is 1. The van der Waals surface area contributed by atoms with Crippen molar-refractivity contribution in [2.75, 3.05) is 6.61 Å². The summed E-state index contributed by atoms with van der Waals surface area (Å²) in [5.41, 5.74) is 3.63. The van der Waals surface area contributed by atoms with Crippen molar-refractivity contribution in [3.8, 4) is 5.75 Å². The van der Waals surface area contributed by atoms with Crippen molar-refractivity contribution in [3.05, 3.63) is 58.9 Å². The zero-order valence-electron chi connectivity index (χ0n) is 20.5. The molecule has 7 heteroatoms. The Morgan fingerprint density at radius 2 is 1.79 bits per heavy atom. The van der Waals surface area contributed by atoms with Crippen LogP contribution in [0.3, 0.4) is 0 Å². The topological polar surface area (TPSA) is 81.3 Å². The van der Waals surface area contributed by atoms with Gasteiger partial charge in [-0.15, -0.1) is 0 Å². The lowest BCUT2D eigenvalue weighted by molar-refractivity contribution is -0.141. The summed E-state index contributed by atoms with van der Waals surface area (Å²) in [6, 6.07) is 12.2. The molecule has 0 aliphatic rings. The van der Waals surface area contributed by atoms with Crippen molar-refractivity contribution < 1.29 is 18.8 Å². The minimum Gasteiger partial charge on any atom is -0.546 e. The molecule has 0 saturated heterocycles. The molecule has 1 N–H and O–H groups in total. The number of Topliss-reactive ketones (excluding diaryl/α,β-unsaturated/α-hetero) is 1. The molecule has 0 fully saturated rings. The molecule has 0 spiro atoms. The number of H-pyrrole nitrogens is 1. The maximum atomic E-state index is 13.4. The van der Waals surface area contributed by atoms with Crippen LogP contribution >= 0.6 is 0 Å². The lowest BCUT2D eigenvalue weighted by Crippen LogP contribution is -2.22. The highest BCUT2D eigenvalue weighted by atomic mass is 28.3. The summed E-state index contributed by atoms with van der Waals surface area (Å²) in [5, 5.41) is 0. The third-order valence-electron chi connectivity index (χ3n) is 5.33. The van der Waals surface area contributed by atoms with Crippen molar-refractivity contribution in [2.24, 2.45) is 0 Å². The molecular weight excluding hydrogens is 432 g/mol. The molecule has 0 aliphatic heterocycles. The van der Waals surface area contributed by atoms with Crippen molar-refractivity contribution in [1.82, 2.24) is 9.97 Å². The number of hydrogen-bond donors (Lipinski definition) is 1. The summed E-state index contributed by atoms with van der Waals surface area (Å²) >= 11 is 0. The van der Waals surface area contributed by atoms with Crippen molar-refractivity contribution >= 4 is 31.8 Å². The Morgan fingerprint density at radius 1 is 1.09 bits per heavy atom. The smallest absolute Gasteiger partial charge is 0.313 e. The number of aromatic nitrogens is 2. The number of nitrogens with zero attached hydrogens (tertiary/aromatic N) is 1. The van der Waals surface area contributed by atoms with Gasteiger partial charge < -0.3 is 14.1 Å². The minimum atomic E-state index is -1.55. The SMILES string of the molecule is CCOC(=O)CC(=O)c1c(O[SiH](C)C)c(C(C)(C)C)cc2nc(CCc3ccccc3)[nH]c12. The van der Waals surface area contributed by atoms with Gasteiger partial charge in [-0.1, -0.05) is 51.1 Å². The molecule has 33 heavy (non-hydrogen) atoms. The third-order valence-corrected chi connectivity index (χ3v) is 6.03. The minimum absolute atomic E-state index is 0.236. The number of benzene rings is 2. The Morgan fingerprint density at radius 3 is 2.39 bits per heavy atom. The standard InChI is InChI=1S/C26H34N2O4Si/c1-7-31-22(30)16-20(29)23-24-19(15-18(26(2,3)4)25(23)32-33(5)6)27-21(28-24)14-13-17-11-9-8-10-12-17/h8-12,15,33H,7,13-14,16H2,1-6H3,(H,27,28). The van der Waals surface area contributed by atoms with Gasteiger partial charge in [-0.2, -0.15) is 0 Å². The number of carbonyl (C=O) groups excluding carboxylic acids is 2. The Kier molecular flexibility index (Phi) is 7.74. The van der Waals surface area contributed by atoms with E-state index in [1.54, 1.807) is 6.92 Å². The number of hydrogen-bond acceptors (Lipinski definition) is 5. The highest BCUT2D eigenvalue weighted by Gasteiger charge is 2.30.